The van der Waals surface area contributed by atoms with Crippen LogP contribution < -0.4 is 10.1 Å². The number of amides is 2. The second-order valence-corrected chi connectivity index (χ2v) is 10.9. The molecule has 2 N–H and O–H groups in total. The molecule has 222 valence electrons. The van der Waals surface area contributed by atoms with Gasteiger partial charge in [-0.1, -0.05) is 84.9 Å². The summed E-state index contributed by atoms with van der Waals surface area (Å²) in [5.41, 5.74) is 3.53. The molecule has 0 saturated heterocycles. The number of fused-ring (bicyclic) bond motifs is 1. The van der Waals surface area contributed by atoms with Crippen LogP contribution in [0.5, 0.6) is 5.75 Å². The quantitative estimate of drug-likeness (QED) is 0.225. The van der Waals surface area contributed by atoms with Gasteiger partial charge in [0.1, 0.15) is 11.2 Å². The van der Waals surface area contributed by atoms with E-state index in [1.807, 2.05) is 108 Å². The fraction of sp³-hybridized carbons (Fsp3) is 0.278. The molecule has 2 atom stereocenters. The van der Waals surface area contributed by atoms with Gasteiger partial charge in [-0.15, -0.1) is 0 Å². The van der Waals surface area contributed by atoms with E-state index in [0.29, 0.717) is 37.1 Å². The second kappa shape index (κ2) is 13.7. The molecule has 0 bridgehead atoms. The third-order valence-electron chi connectivity index (χ3n) is 8.21. The fourth-order valence-corrected chi connectivity index (χ4v) is 6.12. The van der Waals surface area contributed by atoms with Gasteiger partial charge in [-0.2, -0.15) is 0 Å². The predicted molar refractivity (Wildman–Crippen MR) is 166 cm³/mol. The molecule has 7 heteroatoms. The number of aliphatic hydroxyl groups excluding tert-OH is 1. The SMILES string of the molecule is COCCCNC(=O)[C@@]1(Cc2ccccc2)c2ccccc2C(=O)N(Cc2ccc(OC)cc2)C1c1ccc(CO)cc1. The molecule has 0 aliphatic carbocycles. The highest BCUT2D eigenvalue weighted by Gasteiger charge is 2.56. The molecule has 7 nitrogen and oxygen atoms in total. The Morgan fingerprint density at radius 1 is 0.860 bits per heavy atom. The number of rotatable bonds is 12. The smallest absolute Gasteiger partial charge is 0.255 e. The van der Waals surface area contributed by atoms with Crippen molar-refractivity contribution in [3.05, 3.63) is 137 Å². The van der Waals surface area contributed by atoms with Crippen molar-refractivity contribution < 1.29 is 24.2 Å². The zero-order valence-electron chi connectivity index (χ0n) is 24.7. The van der Waals surface area contributed by atoms with Crippen LogP contribution in [-0.4, -0.2) is 49.2 Å². The van der Waals surface area contributed by atoms with Crippen LogP contribution in [0.15, 0.2) is 103 Å². The van der Waals surface area contributed by atoms with E-state index in [0.717, 1.165) is 28.0 Å². The Hall–Kier alpha value is -4.46. The first kappa shape index (κ1) is 30.0. The lowest BCUT2D eigenvalue weighted by molar-refractivity contribution is -0.130. The molecule has 1 heterocycles. The lowest BCUT2D eigenvalue weighted by Crippen LogP contribution is -2.59. The number of aliphatic hydroxyl groups is 1. The largest absolute Gasteiger partial charge is 0.497 e. The van der Waals surface area contributed by atoms with E-state index >= 15 is 0 Å². The minimum Gasteiger partial charge on any atom is -0.497 e. The summed E-state index contributed by atoms with van der Waals surface area (Å²) in [5, 5.41) is 13.0. The molecular formula is C36H38N2O5. The van der Waals surface area contributed by atoms with Crippen LogP contribution in [0, 0.1) is 0 Å². The number of hydrogen-bond acceptors (Lipinski definition) is 5. The number of ether oxygens (including phenoxy) is 2. The van der Waals surface area contributed by atoms with Crippen molar-refractivity contribution in [3.63, 3.8) is 0 Å². The lowest BCUT2D eigenvalue weighted by Gasteiger charge is -2.50. The minimum absolute atomic E-state index is 0.0998. The normalized spacial score (nSPS) is 17.8. The first-order valence-corrected chi connectivity index (χ1v) is 14.6. The Morgan fingerprint density at radius 3 is 2.21 bits per heavy atom. The second-order valence-electron chi connectivity index (χ2n) is 10.9. The van der Waals surface area contributed by atoms with Crippen LogP contribution in [0.1, 0.15) is 50.6 Å². The number of methoxy groups -OCH3 is 2. The van der Waals surface area contributed by atoms with Gasteiger partial charge in [0.15, 0.2) is 0 Å². The molecule has 4 aromatic rings. The summed E-state index contributed by atoms with van der Waals surface area (Å²) in [6, 6.07) is 32.0. The summed E-state index contributed by atoms with van der Waals surface area (Å²) in [4.78, 5) is 31.1. The van der Waals surface area contributed by atoms with Crippen LogP contribution in [0.25, 0.3) is 0 Å². The maximum atomic E-state index is 14.8. The predicted octanol–water partition coefficient (Wildman–Crippen LogP) is 5.22. The molecule has 0 fully saturated rings. The van der Waals surface area contributed by atoms with E-state index < -0.39 is 11.5 Å². The fourth-order valence-electron chi connectivity index (χ4n) is 6.12. The third-order valence-corrected chi connectivity index (χ3v) is 8.21. The molecule has 4 aromatic carbocycles. The zero-order valence-corrected chi connectivity index (χ0v) is 24.7. The van der Waals surface area contributed by atoms with E-state index in [1.54, 1.807) is 14.2 Å². The Labute approximate surface area is 253 Å². The summed E-state index contributed by atoms with van der Waals surface area (Å²) in [6.45, 7) is 1.15. The summed E-state index contributed by atoms with van der Waals surface area (Å²) in [7, 11) is 3.26. The monoisotopic (exact) mass is 578 g/mol. The van der Waals surface area contributed by atoms with Crippen molar-refractivity contribution >= 4 is 11.8 Å². The number of hydrogen-bond donors (Lipinski definition) is 2. The molecule has 0 spiro atoms. The van der Waals surface area contributed by atoms with E-state index in [1.165, 1.54) is 0 Å². The number of nitrogens with zero attached hydrogens (tertiary/aromatic N) is 1. The van der Waals surface area contributed by atoms with Crippen molar-refractivity contribution in [2.45, 2.75) is 37.5 Å². The van der Waals surface area contributed by atoms with E-state index in [2.05, 4.69) is 5.32 Å². The Bertz CT molecular complexity index is 1520. The summed E-state index contributed by atoms with van der Waals surface area (Å²) >= 11 is 0. The third kappa shape index (κ3) is 6.19. The van der Waals surface area contributed by atoms with Gasteiger partial charge in [0, 0.05) is 32.4 Å². The first-order valence-electron chi connectivity index (χ1n) is 14.6. The lowest BCUT2D eigenvalue weighted by atomic mass is 9.63. The highest BCUT2D eigenvalue weighted by molar-refractivity contribution is 6.03. The Balaban J connectivity index is 1.74. The number of nitrogens with one attached hydrogen (secondary N) is 1. The topological polar surface area (TPSA) is 88.1 Å². The molecule has 1 unspecified atom stereocenters. The van der Waals surface area contributed by atoms with Crippen molar-refractivity contribution in [2.24, 2.45) is 0 Å². The molecule has 0 aromatic heterocycles. The van der Waals surface area contributed by atoms with Crippen molar-refractivity contribution in [1.29, 1.82) is 0 Å². The van der Waals surface area contributed by atoms with Crippen LogP contribution in [-0.2, 0) is 34.5 Å². The zero-order chi connectivity index (χ0) is 30.2. The average molecular weight is 579 g/mol. The van der Waals surface area contributed by atoms with Crippen LogP contribution >= 0.6 is 0 Å². The molecule has 43 heavy (non-hydrogen) atoms. The standard InChI is InChI=1S/C36H38N2O5/c1-42-22-8-21-37-35(41)36(23-26-9-4-3-5-10-26)32-12-7-6-11-31(32)34(40)38(24-27-15-19-30(43-2)20-16-27)33(36)29-17-13-28(25-39)14-18-29/h3-7,9-20,33,39H,8,21-25H2,1-2H3,(H,37,41)/t33?,36-/m0/s1. The van der Waals surface area contributed by atoms with Gasteiger partial charge in [0.2, 0.25) is 5.91 Å². The van der Waals surface area contributed by atoms with E-state index in [9.17, 15) is 14.7 Å². The number of carbonyl (C=O) groups is 2. The van der Waals surface area contributed by atoms with Gasteiger partial charge in [0.05, 0.1) is 19.8 Å². The number of carbonyl (C=O) groups excluding carboxylic acids is 2. The van der Waals surface area contributed by atoms with Gasteiger partial charge < -0.3 is 24.8 Å². The van der Waals surface area contributed by atoms with Crippen molar-refractivity contribution in [1.82, 2.24) is 10.2 Å². The first-order chi connectivity index (χ1) is 21.0. The summed E-state index contributed by atoms with van der Waals surface area (Å²) in [6.07, 6.45) is 1.04. The van der Waals surface area contributed by atoms with Gasteiger partial charge in [-0.05, 0) is 58.9 Å². The van der Waals surface area contributed by atoms with E-state index in [4.69, 9.17) is 9.47 Å². The molecule has 0 saturated carbocycles. The van der Waals surface area contributed by atoms with Gasteiger partial charge in [0.25, 0.3) is 5.91 Å². The molecule has 2 amide bonds. The van der Waals surface area contributed by atoms with E-state index in [-0.39, 0.29) is 25.0 Å². The average Bonchev–Trinajstić information content (AvgIpc) is 3.06. The molecule has 1 aliphatic rings. The van der Waals surface area contributed by atoms with Gasteiger partial charge in [-0.3, -0.25) is 9.59 Å². The summed E-state index contributed by atoms with van der Waals surface area (Å²) in [5.74, 6) is 0.436. The maximum absolute atomic E-state index is 14.8. The summed E-state index contributed by atoms with van der Waals surface area (Å²) < 4.78 is 10.6. The Kier molecular flexibility index (Phi) is 9.55. The van der Waals surface area contributed by atoms with Gasteiger partial charge >= 0.3 is 0 Å². The van der Waals surface area contributed by atoms with Crippen molar-refractivity contribution in [3.8, 4) is 5.75 Å². The van der Waals surface area contributed by atoms with Crippen LogP contribution in [0.4, 0.5) is 0 Å². The maximum Gasteiger partial charge on any atom is 0.255 e. The minimum atomic E-state index is -1.16. The van der Waals surface area contributed by atoms with Crippen LogP contribution in [0.3, 0.4) is 0 Å². The van der Waals surface area contributed by atoms with Crippen molar-refractivity contribution in [2.75, 3.05) is 27.4 Å². The molecule has 5 rings (SSSR count). The highest BCUT2D eigenvalue weighted by atomic mass is 16.5. The van der Waals surface area contributed by atoms with Crippen LogP contribution in [0.2, 0.25) is 0 Å². The van der Waals surface area contributed by atoms with Gasteiger partial charge in [-0.25, -0.2) is 0 Å². The molecule has 0 radical (unpaired) electrons. The Morgan fingerprint density at radius 2 is 1.53 bits per heavy atom. The molecular weight excluding hydrogens is 540 g/mol. The molecule has 1 aliphatic heterocycles. The number of benzene rings is 4. The highest BCUT2D eigenvalue weighted by Crippen LogP contribution is 2.50.